The molecule has 1 aromatic heterocycles. The van der Waals surface area contributed by atoms with Gasteiger partial charge in [0, 0.05) is 26.5 Å². The minimum Gasteiger partial charge on any atom is -0.496 e. The highest BCUT2D eigenvalue weighted by atomic mass is 35.5. The second kappa shape index (κ2) is 12.1. The van der Waals surface area contributed by atoms with E-state index in [1.54, 1.807) is 30.3 Å². The van der Waals surface area contributed by atoms with Gasteiger partial charge in [0.15, 0.2) is 5.13 Å². The van der Waals surface area contributed by atoms with Crippen LogP contribution in [0.15, 0.2) is 77.0 Å². The number of rotatable bonds is 9. The molecular weight excluding hydrogens is 530 g/mol. The van der Waals surface area contributed by atoms with Gasteiger partial charge in [-0.3, -0.25) is 9.59 Å². The quantitative estimate of drug-likeness (QED) is 0.220. The van der Waals surface area contributed by atoms with Crippen LogP contribution in [-0.4, -0.2) is 36.3 Å². The Bertz CT molecular complexity index is 1400. The van der Waals surface area contributed by atoms with Crippen LogP contribution in [0.25, 0.3) is 11.3 Å². The topological polar surface area (TPSA) is 89.5 Å². The third kappa shape index (κ3) is 6.43. The van der Waals surface area contributed by atoms with Gasteiger partial charge in [0.1, 0.15) is 17.1 Å². The number of nitrogens with zero attached hydrogens (tertiary/aromatic N) is 1. The molecule has 0 bridgehead atoms. The van der Waals surface area contributed by atoms with Gasteiger partial charge in [-0.25, -0.2) is 4.98 Å². The maximum absolute atomic E-state index is 13.0. The first-order valence-electron chi connectivity index (χ1n) is 11.2. The van der Waals surface area contributed by atoms with E-state index in [1.807, 2.05) is 48.7 Å². The second-order valence-electron chi connectivity index (χ2n) is 7.79. The van der Waals surface area contributed by atoms with Gasteiger partial charge in [-0.15, -0.1) is 23.1 Å². The summed E-state index contributed by atoms with van der Waals surface area (Å²) in [6.45, 7) is 1.81. The maximum Gasteiger partial charge on any atom is 0.263 e. The largest absolute Gasteiger partial charge is 0.496 e. The highest BCUT2D eigenvalue weighted by molar-refractivity contribution is 8.00. The number of aromatic nitrogens is 1. The number of carbonyl (C=O) groups excluding carboxylic acids is 2. The van der Waals surface area contributed by atoms with Gasteiger partial charge >= 0.3 is 0 Å². The Hall–Kier alpha value is -3.53. The molecule has 2 amide bonds. The van der Waals surface area contributed by atoms with Gasteiger partial charge in [-0.05, 0) is 43.3 Å². The van der Waals surface area contributed by atoms with Crippen molar-refractivity contribution in [3.05, 3.63) is 82.7 Å². The van der Waals surface area contributed by atoms with E-state index in [1.165, 1.54) is 37.3 Å². The van der Waals surface area contributed by atoms with E-state index in [0.29, 0.717) is 38.6 Å². The number of anilines is 2. The zero-order valence-electron chi connectivity index (χ0n) is 20.3. The molecule has 2 N–H and O–H groups in total. The molecule has 3 aromatic carbocycles. The lowest BCUT2D eigenvalue weighted by atomic mass is 10.1. The van der Waals surface area contributed by atoms with Gasteiger partial charge in [0.25, 0.3) is 5.91 Å². The number of hydrogen-bond donors (Lipinski definition) is 2. The SMILES string of the molecule is COc1cccc(OC)c1C(=O)Nc1cccc(SC(C)C(=O)Nc2nc(-c3ccccc3Cl)cs2)c1. The monoisotopic (exact) mass is 553 g/mol. The summed E-state index contributed by atoms with van der Waals surface area (Å²) in [4.78, 5) is 31.1. The van der Waals surface area contributed by atoms with Crippen LogP contribution >= 0.6 is 34.7 Å². The summed E-state index contributed by atoms with van der Waals surface area (Å²) in [6, 6.07) is 19.9. The summed E-state index contributed by atoms with van der Waals surface area (Å²) in [5, 5.41) is 8.30. The molecule has 0 spiro atoms. The summed E-state index contributed by atoms with van der Waals surface area (Å²) in [5.41, 5.74) is 2.41. The van der Waals surface area contributed by atoms with E-state index >= 15 is 0 Å². The predicted molar refractivity (Wildman–Crippen MR) is 150 cm³/mol. The summed E-state index contributed by atoms with van der Waals surface area (Å²) in [6.07, 6.45) is 0. The van der Waals surface area contributed by atoms with Crippen molar-refractivity contribution < 1.29 is 19.1 Å². The molecular formula is C27H24ClN3O4S2. The van der Waals surface area contributed by atoms with E-state index in [9.17, 15) is 9.59 Å². The van der Waals surface area contributed by atoms with Crippen LogP contribution in [0.1, 0.15) is 17.3 Å². The predicted octanol–water partition coefficient (Wildman–Crippen LogP) is 6.85. The Morgan fingerprint density at radius 2 is 1.68 bits per heavy atom. The number of thioether (sulfide) groups is 1. The van der Waals surface area contributed by atoms with E-state index in [4.69, 9.17) is 21.1 Å². The van der Waals surface area contributed by atoms with Gasteiger partial charge < -0.3 is 20.1 Å². The van der Waals surface area contributed by atoms with Crippen LogP contribution in [0, 0.1) is 0 Å². The van der Waals surface area contributed by atoms with Crippen LogP contribution in [0.5, 0.6) is 11.5 Å². The average molecular weight is 554 g/mol. The molecule has 7 nitrogen and oxygen atoms in total. The van der Waals surface area contributed by atoms with Crippen molar-refractivity contribution in [3.8, 4) is 22.8 Å². The molecule has 37 heavy (non-hydrogen) atoms. The molecule has 0 saturated carbocycles. The Kier molecular flexibility index (Phi) is 8.70. The maximum atomic E-state index is 13.0. The first-order valence-corrected chi connectivity index (χ1v) is 13.3. The van der Waals surface area contributed by atoms with Gasteiger partial charge in [-0.1, -0.05) is 41.9 Å². The van der Waals surface area contributed by atoms with Gasteiger partial charge in [0.2, 0.25) is 5.91 Å². The summed E-state index contributed by atoms with van der Waals surface area (Å²) >= 11 is 8.97. The number of amides is 2. The highest BCUT2D eigenvalue weighted by Crippen LogP contribution is 2.32. The number of methoxy groups -OCH3 is 2. The number of benzene rings is 3. The van der Waals surface area contributed by atoms with Crippen molar-refractivity contribution >= 4 is 57.3 Å². The molecule has 0 aliphatic carbocycles. The van der Waals surface area contributed by atoms with Crippen molar-refractivity contribution in [1.29, 1.82) is 0 Å². The summed E-state index contributed by atoms with van der Waals surface area (Å²) in [7, 11) is 3.00. The Morgan fingerprint density at radius 1 is 0.973 bits per heavy atom. The molecule has 0 aliphatic heterocycles. The van der Waals surface area contributed by atoms with Gasteiger partial charge in [0.05, 0.1) is 25.2 Å². The minimum atomic E-state index is -0.409. The third-order valence-electron chi connectivity index (χ3n) is 5.31. The van der Waals surface area contributed by atoms with Crippen molar-refractivity contribution in [2.75, 3.05) is 24.9 Å². The molecule has 0 fully saturated rings. The molecule has 10 heteroatoms. The fraction of sp³-hybridized carbons (Fsp3) is 0.148. The molecule has 1 atom stereocenters. The molecule has 4 aromatic rings. The molecule has 0 saturated heterocycles. The zero-order valence-corrected chi connectivity index (χ0v) is 22.7. The average Bonchev–Trinajstić information content (AvgIpc) is 3.36. The molecule has 4 rings (SSSR count). The second-order valence-corrected chi connectivity index (χ2v) is 10.5. The lowest BCUT2D eigenvalue weighted by molar-refractivity contribution is -0.115. The van der Waals surface area contributed by atoms with Crippen molar-refractivity contribution in [2.24, 2.45) is 0 Å². The lowest BCUT2D eigenvalue weighted by Gasteiger charge is -2.14. The summed E-state index contributed by atoms with van der Waals surface area (Å²) in [5.74, 6) is 0.277. The standard InChI is InChI=1S/C27H24ClN3O4S2/c1-16(25(32)31-27-30-21(15-36-27)19-10-4-5-11-20(19)28)37-18-9-6-8-17(14-18)29-26(33)24-22(34-2)12-7-13-23(24)35-3/h4-16H,1-3H3,(H,29,33)(H,30,31,32). The Morgan fingerprint density at radius 3 is 2.38 bits per heavy atom. The van der Waals surface area contributed by atoms with Crippen LogP contribution in [0.2, 0.25) is 5.02 Å². The number of nitrogens with one attached hydrogen (secondary N) is 2. The van der Waals surface area contributed by atoms with Crippen molar-refractivity contribution in [2.45, 2.75) is 17.1 Å². The van der Waals surface area contributed by atoms with E-state index < -0.39 is 5.25 Å². The number of ether oxygens (including phenoxy) is 2. The fourth-order valence-electron chi connectivity index (χ4n) is 3.50. The first kappa shape index (κ1) is 26.5. The molecule has 1 heterocycles. The van der Waals surface area contributed by atoms with Crippen molar-refractivity contribution in [1.82, 2.24) is 4.98 Å². The highest BCUT2D eigenvalue weighted by Gasteiger charge is 2.20. The zero-order chi connectivity index (χ0) is 26.4. The smallest absolute Gasteiger partial charge is 0.263 e. The molecule has 0 aliphatic rings. The first-order chi connectivity index (χ1) is 17.9. The number of carbonyl (C=O) groups is 2. The lowest BCUT2D eigenvalue weighted by Crippen LogP contribution is -2.22. The van der Waals surface area contributed by atoms with Gasteiger partial charge in [-0.2, -0.15) is 0 Å². The number of halogens is 1. The van der Waals surface area contributed by atoms with Crippen molar-refractivity contribution in [3.63, 3.8) is 0 Å². The van der Waals surface area contributed by atoms with E-state index in [-0.39, 0.29) is 11.8 Å². The molecule has 190 valence electrons. The molecule has 0 radical (unpaired) electrons. The van der Waals surface area contributed by atoms with E-state index in [2.05, 4.69) is 15.6 Å². The van der Waals surface area contributed by atoms with E-state index in [0.717, 1.165) is 10.5 Å². The number of hydrogen-bond acceptors (Lipinski definition) is 7. The Labute approximate surface area is 228 Å². The number of thiazole rings is 1. The van der Waals surface area contributed by atoms with Crippen LogP contribution in [0.4, 0.5) is 10.8 Å². The fourth-order valence-corrected chi connectivity index (χ4v) is 5.38. The van der Waals surface area contributed by atoms with Crippen LogP contribution in [0.3, 0.4) is 0 Å². The third-order valence-corrected chi connectivity index (χ3v) is 7.49. The molecule has 1 unspecified atom stereocenters. The Balaban J connectivity index is 1.41. The minimum absolute atomic E-state index is 0.182. The summed E-state index contributed by atoms with van der Waals surface area (Å²) < 4.78 is 10.7. The van der Waals surface area contributed by atoms with Crippen LogP contribution in [-0.2, 0) is 4.79 Å². The van der Waals surface area contributed by atoms with Crippen LogP contribution < -0.4 is 20.1 Å². The normalized spacial score (nSPS) is 11.5.